The third-order valence-corrected chi connectivity index (χ3v) is 2.10. The molecule has 0 heterocycles. The Morgan fingerprint density at radius 3 is 2.79 bits per heavy atom. The van der Waals surface area contributed by atoms with E-state index in [0.29, 0.717) is 13.0 Å². The Bertz CT molecular complexity index is 210. The van der Waals surface area contributed by atoms with E-state index in [1.54, 1.807) is 0 Å². The molecule has 4 heteroatoms. The summed E-state index contributed by atoms with van der Waals surface area (Å²) in [5.41, 5.74) is 0. The first-order chi connectivity index (χ1) is 6.61. The van der Waals surface area contributed by atoms with Gasteiger partial charge in [-0.3, -0.25) is 9.69 Å². The molecule has 0 aromatic heterocycles. The average molecular weight is 197 g/mol. The number of rotatable bonds is 6. The maximum absolute atomic E-state index is 11.3. The Morgan fingerprint density at radius 2 is 2.29 bits per heavy atom. The fourth-order valence-corrected chi connectivity index (χ4v) is 0.991. The van der Waals surface area contributed by atoms with Gasteiger partial charge >= 0.3 is 0 Å². The lowest BCUT2D eigenvalue weighted by atomic mass is 10.2. The number of hydrogen-bond acceptors (Lipinski definition) is 3. The lowest BCUT2D eigenvalue weighted by Crippen LogP contribution is -2.39. The van der Waals surface area contributed by atoms with Gasteiger partial charge in [-0.15, -0.1) is 0 Å². The van der Waals surface area contributed by atoms with Crippen LogP contribution in [0.5, 0.6) is 0 Å². The van der Waals surface area contributed by atoms with Crippen molar-refractivity contribution in [1.82, 2.24) is 10.2 Å². The van der Waals surface area contributed by atoms with Gasteiger partial charge in [-0.1, -0.05) is 6.92 Å². The molecule has 0 bridgehead atoms. The predicted molar refractivity (Wildman–Crippen MR) is 55.6 cm³/mol. The van der Waals surface area contributed by atoms with E-state index in [0.717, 1.165) is 13.0 Å². The molecule has 0 radical (unpaired) electrons. The third kappa shape index (κ3) is 5.55. The predicted octanol–water partition coefficient (Wildman–Crippen LogP) is 0.747. The van der Waals surface area contributed by atoms with Crippen LogP contribution in [0.3, 0.4) is 0 Å². The van der Waals surface area contributed by atoms with Crippen LogP contribution in [-0.2, 0) is 4.79 Å². The number of hydrogen-bond donors (Lipinski definition) is 1. The number of nitriles is 1. The first-order valence-electron chi connectivity index (χ1n) is 4.95. The molecule has 0 aliphatic heterocycles. The number of carbonyl (C=O) groups excluding carboxylic acids is 1. The highest BCUT2D eigenvalue weighted by molar-refractivity contribution is 5.77. The quantitative estimate of drug-likeness (QED) is 0.683. The largest absolute Gasteiger partial charge is 0.355 e. The van der Waals surface area contributed by atoms with Crippen LogP contribution in [0.15, 0.2) is 0 Å². The summed E-state index contributed by atoms with van der Waals surface area (Å²) in [5, 5.41) is 11.3. The molecule has 1 amide bonds. The van der Waals surface area contributed by atoms with Gasteiger partial charge in [0.2, 0.25) is 5.91 Å². The van der Waals surface area contributed by atoms with Crippen LogP contribution in [0.2, 0.25) is 0 Å². The highest BCUT2D eigenvalue weighted by Gasteiger charge is 2.11. The summed E-state index contributed by atoms with van der Waals surface area (Å²) in [4.78, 5) is 13.2. The maximum Gasteiger partial charge on any atom is 0.234 e. The first-order valence-corrected chi connectivity index (χ1v) is 4.95. The molecule has 0 aliphatic rings. The van der Waals surface area contributed by atoms with Gasteiger partial charge in [0.1, 0.15) is 0 Å². The molecule has 4 nitrogen and oxygen atoms in total. The summed E-state index contributed by atoms with van der Waals surface area (Å²) in [6, 6.07) is 2.22. The smallest absolute Gasteiger partial charge is 0.234 e. The molecule has 0 spiro atoms. The zero-order chi connectivity index (χ0) is 11.0. The van der Waals surface area contributed by atoms with Crippen LogP contribution < -0.4 is 5.32 Å². The van der Waals surface area contributed by atoms with E-state index in [2.05, 4.69) is 11.4 Å². The van der Waals surface area contributed by atoms with Crippen LogP contribution in [0.25, 0.3) is 0 Å². The van der Waals surface area contributed by atoms with Crippen LogP contribution >= 0.6 is 0 Å². The summed E-state index contributed by atoms with van der Waals surface area (Å²) in [7, 11) is 1.85. The van der Waals surface area contributed by atoms with E-state index in [-0.39, 0.29) is 11.9 Å². The van der Waals surface area contributed by atoms with Gasteiger partial charge in [0.15, 0.2) is 0 Å². The molecule has 0 saturated carbocycles. The van der Waals surface area contributed by atoms with Crippen molar-refractivity contribution in [3.63, 3.8) is 0 Å². The van der Waals surface area contributed by atoms with Gasteiger partial charge in [-0.25, -0.2) is 0 Å². The molecule has 1 unspecified atom stereocenters. The van der Waals surface area contributed by atoms with Crippen LogP contribution in [0, 0.1) is 11.3 Å². The summed E-state index contributed by atoms with van der Waals surface area (Å²) in [5.74, 6) is 0.0270. The summed E-state index contributed by atoms with van der Waals surface area (Å²) in [6.07, 6.45) is 1.40. The second-order valence-corrected chi connectivity index (χ2v) is 3.48. The maximum atomic E-state index is 11.3. The highest BCUT2D eigenvalue weighted by atomic mass is 16.2. The molecular formula is C10H19N3O. The Morgan fingerprint density at radius 1 is 1.64 bits per heavy atom. The van der Waals surface area contributed by atoms with Crippen LogP contribution in [-0.4, -0.2) is 37.0 Å². The van der Waals surface area contributed by atoms with Gasteiger partial charge < -0.3 is 5.32 Å². The van der Waals surface area contributed by atoms with Crippen molar-refractivity contribution < 1.29 is 4.79 Å². The zero-order valence-electron chi connectivity index (χ0n) is 9.21. The van der Waals surface area contributed by atoms with Crippen molar-refractivity contribution in [2.75, 3.05) is 20.1 Å². The highest BCUT2D eigenvalue weighted by Crippen LogP contribution is 1.98. The van der Waals surface area contributed by atoms with Crippen molar-refractivity contribution in [2.45, 2.75) is 32.7 Å². The number of amides is 1. The van der Waals surface area contributed by atoms with E-state index in [1.165, 1.54) is 0 Å². The normalized spacial score (nSPS) is 12.2. The van der Waals surface area contributed by atoms with Gasteiger partial charge in [-0.2, -0.15) is 5.26 Å². The molecule has 0 aliphatic carbocycles. The average Bonchev–Trinajstić information content (AvgIpc) is 2.15. The Kier molecular flexibility index (Phi) is 6.77. The van der Waals surface area contributed by atoms with Gasteiger partial charge in [-0.05, 0) is 20.4 Å². The number of nitrogens with one attached hydrogen (secondary N) is 1. The summed E-state index contributed by atoms with van der Waals surface area (Å²) in [6.45, 7) is 5.04. The fourth-order valence-electron chi connectivity index (χ4n) is 0.991. The fraction of sp³-hybridized carbons (Fsp3) is 0.800. The second-order valence-electron chi connectivity index (χ2n) is 3.48. The van der Waals surface area contributed by atoms with E-state index < -0.39 is 0 Å². The topological polar surface area (TPSA) is 56.1 Å². The van der Waals surface area contributed by atoms with E-state index in [4.69, 9.17) is 5.26 Å². The molecule has 0 rings (SSSR count). The lowest BCUT2D eigenvalue weighted by molar-refractivity contribution is -0.122. The van der Waals surface area contributed by atoms with Crippen LogP contribution in [0.4, 0.5) is 0 Å². The first kappa shape index (κ1) is 12.9. The molecule has 14 heavy (non-hydrogen) atoms. The van der Waals surface area contributed by atoms with E-state index in [9.17, 15) is 4.79 Å². The van der Waals surface area contributed by atoms with Gasteiger partial charge in [0.05, 0.1) is 19.0 Å². The Labute approximate surface area is 85.9 Å². The molecule has 80 valence electrons. The monoisotopic (exact) mass is 197 g/mol. The second kappa shape index (κ2) is 7.34. The number of nitrogens with zero attached hydrogens (tertiary/aromatic N) is 2. The SMILES string of the molecule is CCCNC(=O)CN(C)C(C)CC#N. The molecular weight excluding hydrogens is 178 g/mol. The molecule has 0 aromatic carbocycles. The zero-order valence-corrected chi connectivity index (χ0v) is 9.21. The summed E-state index contributed by atoms with van der Waals surface area (Å²) >= 11 is 0. The van der Waals surface area contributed by atoms with E-state index in [1.807, 2.05) is 25.8 Å². The third-order valence-electron chi connectivity index (χ3n) is 2.10. The minimum atomic E-state index is 0.0270. The lowest BCUT2D eigenvalue weighted by Gasteiger charge is -2.21. The molecule has 0 fully saturated rings. The van der Waals surface area contributed by atoms with Crippen molar-refractivity contribution in [3.8, 4) is 6.07 Å². The minimum absolute atomic E-state index is 0.0270. The van der Waals surface area contributed by atoms with Crippen molar-refractivity contribution in [1.29, 1.82) is 5.26 Å². The Hall–Kier alpha value is -1.08. The van der Waals surface area contributed by atoms with Crippen molar-refractivity contribution in [3.05, 3.63) is 0 Å². The molecule has 1 atom stereocenters. The van der Waals surface area contributed by atoms with Gasteiger partial charge in [0.25, 0.3) is 0 Å². The van der Waals surface area contributed by atoms with Crippen molar-refractivity contribution in [2.24, 2.45) is 0 Å². The van der Waals surface area contributed by atoms with Crippen LogP contribution in [0.1, 0.15) is 26.7 Å². The molecule has 0 saturated heterocycles. The standard InChI is InChI=1S/C10H19N3O/c1-4-7-12-10(14)8-13(3)9(2)5-6-11/h9H,4-5,7-8H2,1-3H3,(H,12,14). The number of likely N-dealkylation sites (N-methyl/N-ethyl adjacent to an activating group) is 1. The molecule has 1 N–H and O–H groups in total. The number of carbonyl (C=O) groups is 1. The molecule has 0 aromatic rings. The minimum Gasteiger partial charge on any atom is -0.355 e. The summed E-state index contributed by atoms with van der Waals surface area (Å²) < 4.78 is 0. The Balaban J connectivity index is 3.76. The van der Waals surface area contributed by atoms with E-state index >= 15 is 0 Å². The van der Waals surface area contributed by atoms with Gasteiger partial charge in [0, 0.05) is 12.6 Å². The van der Waals surface area contributed by atoms with Crippen molar-refractivity contribution >= 4 is 5.91 Å².